The Morgan fingerprint density at radius 1 is 1.35 bits per heavy atom. The van der Waals surface area contributed by atoms with E-state index in [9.17, 15) is 9.59 Å². The van der Waals surface area contributed by atoms with E-state index in [1.165, 1.54) is 14.0 Å². The van der Waals surface area contributed by atoms with Crippen LogP contribution in [0.3, 0.4) is 0 Å². The minimum absolute atomic E-state index is 0.190. The predicted molar refractivity (Wildman–Crippen MR) is 65.4 cm³/mol. The summed E-state index contributed by atoms with van der Waals surface area (Å²) >= 11 is 5.55. The lowest BCUT2D eigenvalue weighted by Crippen LogP contribution is -2.08. The Bertz CT molecular complexity index is 472. The van der Waals surface area contributed by atoms with Crippen LogP contribution in [-0.4, -0.2) is 24.0 Å². The molecule has 0 amide bonds. The Morgan fingerprint density at radius 3 is 2.59 bits per heavy atom. The smallest absolute Gasteiger partial charge is 0.340 e. The molecule has 0 atom stereocenters. The number of nitrogens with zero attached hydrogens (tertiary/aromatic N) is 1. The number of ether oxygens (including phenoxy) is 1. The molecule has 0 spiro atoms. The molecule has 90 valence electrons. The number of rotatable bonds is 4. The molecule has 0 fully saturated rings. The monoisotopic (exact) mass is 254 g/mol. The molecule has 0 radical (unpaired) electrons. The molecule has 6 heteroatoms. The van der Waals surface area contributed by atoms with Gasteiger partial charge in [-0.3, -0.25) is 10.2 Å². The highest BCUT2D eigenvalue weighted by molar-refractivity contribution is 6.82. The van der Waals surface area contributed by atoms with Gasteiger partial charge < -0.3 is 4.74 Å². The highest BCUT2D eigenvalue weighted by atomic mass is 35.5. The minimum atomic E-state index is -0.498. The Kier molecular flexibility index (Phi) is 4.66. The molecule has 0 heterocycles. The van der Waals surface area contributed by atoms with Crippen molar-refractivity contribution in [2.45, 2.75) is 6.92 Å². The summed E-state index contributed by atoms with van der Waals surface area (Å²) in [5.41, 5.74) is 3.27. The van der Waals surface area contributed by atoms with Gasteiger partial charge in [-0.15, -0.1) is 0 Å². The molecule has 5 nitrogen and oxygen atoms in total. The number of anilines is 1. The van der Waals surface area contributed by atoms with Crippen LogP contribution in [-0.2, 0) is 9.53 Å². The second-order valence-corrected chi connectivity index (χ2v) is 3.47. The molecule has 0 saturated carbocycles. The lowest BCUT2D eigenvalue weighted by atomic mass is 10.2. The highest BCUT2D eigenvalue weighted by Crippen LogP contribution is 2.16. The molecular formula is C11H11ClN2O3. The molecule has 0 aliphatic heterocycles. The van der Waals surface area contributed by atoms with Crippen molar-refractivity contribution in [2.75, 3.05) is 12.5 Å². The number of nitrogens with one attached hydrogen (secondary N) is 1. The normalized spacial score (nSPS) is 10.9. The zero-order valence-electron chi connectivity index (χ0n) is 9.36. The third-order valence-corrected chi connectivity index (χ3v) is 2.25. The van der Waals surface area contributed by atoms with Gasteiger partial charge in [0.15, 0.2) is 11.0 Å². The molecule has 1 rings (SSSR count). The number of para-hydroxylation sites is 1. The Hall–Kier alpha value is -1.88. The van der Waals surface area contributed by atoms with Gasteiger partial charge in [0.2, 0.25) is 0 Å². The SMILES string of the molecule is COC(=O)c1ccccc1N/N=C(/Cl)C(C)=O. The van der Waals surface area contributed by atoms with E-state index in [0.717, 1.165) is 0 Å². The highest BCUT2D eigenvalue weighted by Gasteiger charge is 2.10. The summed E-state index contributed by atoms with van der Waals surface area (Å²) in [5.74, 6) is -0.864. The van der Waals surface area contributed by atoms with Crippen LogP contribution >= 0.6 is 11.6 Å². The topological polar surface area (TPSA) is 67.8 Å². The van der Waals surface area contributed by atoms with Gasteiger partial charge in [0.25, 0.3) is 0 Å². The van der Waals surface area contributed by atoms with Crippen molar-refractivity contribution in [1.29, 1.82) is 0 Å². The van der Waals surface area contributed by atoms with E-state index in [4.69, 9.17) is 11.6 Å². The number of hydrogen-bond acceptors (Lipinski definition) is 5. The fourth-order valence-electron chi connectivity index (χ4n) is 1.06. The number of Topliss-reactive ketones (excluding diaryl/α,β-unsaturated/α-hetero) is 1. The van der Waals surface area contributed by atoms with Crippen molar-refractivity contribution in [3.63, 3.8) is 0 Å². The van der Waals surface area contributed by atoms with Gasteiger partial charge in [-0.05, 0) is 12.1 Å². The number of carbonyl (C=O) groups is 2. The molecule has 0 saturated heterocycles. The Balaban J connectivity index is 2.95. The fourth-order valence-corrected chi connectivity index (χ4v) is 1.10. The van der Waals surface area contributed by atoms with Crippen LogP contribution in [0, 0.1) is 0 Å². The number of benzene rings is 1. The third-order valence-electron chi connectivity index (χ3n) is 1.90. The molecule has 1 aromatic rings. The Morgan fingerprint density at radius 2 is 2.00 bits per heavy atom. The molecule has 1 aromatic carbocycles. The van der Waals surface area contributed by atoms with Gasteiger partial charge in [0, 0.05) is 6.92 Å². The van der Waals surface area contributed by atoms with Gasteiger partial charge in [-0.25, -0.2) is 4.79 Å². The average Bonchev–Trinajstić information content (AvgIpc) is 2.35. The van der Waals surface area contributed by atoms with Crippen LogP contribution in [0.2, 0.25) is 0 Å². The second-order valence-electron chi connectivity index (χ2n) is 3.11. The summed E-state index contributed by atoms with van der Waals surface area (Å²) in [5, 5.41) is 3.46. The largest absolute Gasteiger partial charge is 0.465 e. The first-order valence-electron chi connectivity index (χ1n) is 4.73. The first-order chi connectivity index (χ1) is 8.06. The number of carbonyl (C=O) groups excluding carboxylic acids is 2. The maximum atomic E-state index is 11.4. The molecule has 0 bridgehead atoms. The number of ketones is 1. The van der Waals surface area contributed by atoms with Crippen molar-refractivity contribution in [1.82, 2.24) is 0 Å². The van der Waals surface area contributed by atoms with Gasteiger partial charge in [-0.1, -0.05) is 23.7 Å². The summed E-state index contributed by atoms with van der Waals surface area (Å²) in [7, 11) is 1.28. The van der Waals surface area contributed by atoms with Gasteiger partial charge in [0.05, 0.1) is 18.4 Å². The zero-order chi connectivity index (χ0) is 12.8. The molecular weight excluding hydrogens is 244 g/mol. The quantitative estimate of drug-likeness (QED) is 0.507. The lowest BCUT2D eigenvalue weighted by Gasteiger charge is -2.06. The van der Waals surface area contributed by atoms with Crippen LogP contribution in [0.5, 0.6) is 0 Å². The number of hydrazone groups is 1. The van der Waals surface area contributed by atoms with Gasteiger partial charge >= 0.3 is 5.97 Å². The summed E-state index contributed by atoms with van der Waals surface area (Å²) in [6.45, 7) is 1.29. The molecule has 0 aromatic heterocycles. The summed E-state index contributed by atoms with van der Waals surface area (Å²) in [4.78, 5) is 22.2. The van der Waals surface area contributed by atoms with Crippen molar-refractivity contribution >= 4 is 34.2 Å². The third kappa shape index (κ3) is 3.57. The second kappa shape index (κ2) is 6.00. The van der Waals surface area contributed by atoms with Crippen LogP contribution in [0.4, 0.5) is 5.69 Å². The maximum Gasteiger partial charge on any atom is 0.340 e. The summed E-state index contributed by atoms with van der Waals surface area (Å²) in [6.07, 6.45) is 0. The standard InChI is InChI=1S/C11H11ClN2O3/c1-7(15)10(12)14-13-9-6-4-3-5-8(9)11(16)17-2/h3-6,13H,1-2H3/b14-10+. The van der Waals surface area contributed by atoms with E-state index in [2.05, 4.69) is 15.3 Å². The lowest BCUT2D eigenvalue weighted by molar-refractivity contribution is -0.110. The van der Waals surface area contributed by atoms with E-state index in [1.807, 2.05) is 0 Å². The van der Waals surface area contributed by atoms with E-state index < -0.39 is 5.97 Å². The number of hydrogen-bond donors (Lipinski definition) is 1. The molecule has 0 aliphatic carbocycles. The molecule has 1 N–H and O–H groups in total. The van der Waals surface area contributed by atoms with Gasteiger partial charge in [-0.2, -0.15) is 5.10 Å². The number of esters is 1. The van der Waals surface area contributed by atoms with Gasteiger partial charge in [0.1, 0.15) is 0 Å². The molecule has 0 aliphatic rings. The number of methoxy groups -OCH3 is 1. The van der Waals surface area contributed by atoms with Crippen molar-refractivity contribution in [2.24, 2.45) is 5.10 Å². The first-order valence-corrected chi connectivity index (χ1v) is 5.11. The van der Waals surface area contributed by atoms with Crippen molar-refractivity contribution in [3.05, 3.63) is 29.8 Å². The molecule has 0 unspecified atom stereocenters. The van der Waals surface area contributed by atoms with E-state index in [-0.39, 0.29) is 11.0 Å². The van der Waals surface area contributed by atoms with E-state index in [0.29, 0.717) is 11.3 Å². The predicted octanol–water partition coefficient (Wildman–Crippen LogP) is 2.03. The average molecular weight is 255 g/mol. The van der Waals surface area contributed by atoms with E-state index in [1.54, 1.807) is 24.3 Å². The fraction of sp³-hybridized carbons (Fsp3) is 0.182. The Labute approximate surface area is 103 Å². The maximum absolute atomic E-state index is 11.4. The summed E-state index contributed by atoms with van der Waals surface area (Å²) < 4.78 is 4.60. The summed E-state index contributed by atoms with van der Waals surface area (Å²) in [6, 6.07) is 6.60. The van der Waals surface area contributed by atoms with Crippen LogP contribution in [0.15, 0.2) is 29.4 Å². The van der Waals surface area contributed by atoms with Crippen LogP contribution < -0.4 is 5.43 Å². The first kappa shape index (κ1) is 13.2. The van der Waals surface area contributed by atoms with E-state index >= 15 is 0 Å². The number of halogens is 1. The van der Waals surface area contributed by atoms with Crippen LogP contribution in [0.25, 0.3) is 0 Å². The van der Waals surface area contributed by atoms with Crippen molar-refractivity contribution < 1.29 is 14.3 Å². The zero-order valence-corrected chi connectivity index (χ0v) is 10.1. The van der Waals surface area contributed by atoms with Crippen molar-refractivity contribution in [3.8, 4) is 0 Å². The van der Waals surface area contributed by atoms with Crippen LogP contribution in [0.1, 0.15) is 17.3 Å². The molecule has 17 heavy (non-hydrogen) atoms. The minimum Gasteiger partial charge on any atom is -0.465 e.